The maximum atomic E-state index is 10.9. The molecule has 0 saturated carbocycles. The predicted molar refractivity (Wildman–Crippen MR) is 70.8 cm³/mol. The average Bonchev–Trinajstić information content (AvgIpc) is 2.61. The Balaban J connectivity index is 2.36. The number of fused-ring (bicyclic) bond motifs is 1. The van der Waals surface area contributed by atoms with Crippen LogP contribution >= 0.6 is 0 Å². The Labute approximate surface area is 116 Å². The Morgan fingerprint density at radius 2 is 1.70 bits per heavy atom. The second kappa shape index (κ2) is 6.31. The third kappa shape index (κ3) is 3.43. The topological polar surface area (TPSA) is 104 Å². The summed E-state index contributed by atoms with van der Waals surface area (Å²) in [5, 5.41) is 17.9. The number of hydrogen-bond acceptors (Lipinski definition) is 5. The van der Waals surface area contributed by atoms with Crippen LogP contribution in [-0.4, -0.2) is 45.2 Å². The fourth-order valence-corrected chi connectivity index (χ4v) is 2.49. The SMILES string of the molecule is O=C(O)CN(CC(=O)O)c1ncnc2c1CCCCC2. The molecule has 108 valence electrons. The van der Waals surface area contributed by atoms with Crippen molar-refractivity contribution in [3.63, 3.8) is 0 Å². The van der Waals surface area contributed by atoms with E-state index in [-0.39, 0.29) is 13.1 Å². The molecule has 0 radical (unpaired) electrons. The second-order valence-corrected chi connectivity index (χ2v) is 4.83. The van der Waals surface area contributed by atoms with Gasteiger partial charge in [0.2, 0.25) is 0 Å². The normalized spacial score (nSPS) is 14.2. The Morgan fingerprint density at radius 3 is 2.35 bits per heavy atom. The lowest BCUT2D eigenvalue weighted by Crippen LogP contribution is -2.36. The number of carbonyl (C=O) groups is 2. The van der Waals surface area contributed by atoms with E-state index in [2.05, 4.69) is 9.97 Å². The minimum absolute atomic E-state index is 0.379. The highest BCUT2D eigenvalue weighted by molar-refractivity contribution is 5.79. The van der Waals surface area contributed by atoms with Crippen LogP contribution in [0.2, 0.25) is 0 Å². The summed E-state index contributed by atoms with van der Waals surface area (Å²) >= 11 is 0. The molecule has 0 spiro atoms. The van der Waals surface area contributed by atoms with Gasteiger partial charge < -0.3 is 15.1 Å². The summed E-state index contributed by atoms with van der Waals surface area (Å²) in [5.74, 6) is -1.71. The minimum atomic E-state index is -1.08. The first-order valence-electron chi connectivity index (χ1n) is 6.59. The Hall–Kier alpha value is -2.18. The van der Waals surface area contributed by atoms with E-state index < -0.39 is 11.9 Å². The van der Waals surface area contributed by atoms with Gasteiger partial charge in [-0.3, -0.25) is 9.59 Å². The number of rotatable bonds is 5. The van der Waals surface area contributed by atoms with Crippen molar-refractivity contribution in [2.24, 2.45) is 0 Å². The monoisotopic (exact) mass is 279 g/mol. The Morgan fingerprint density at radius 1 is 1.05 bits per heavy atom. The number of aryl methyl sites for hydroxylation is 1. The van der Waals surface area contributed by atoms with Crippen LogP contribution in [0.15, 0.2) is 6.33 Å². The Kier molecular flexibility index (Phi) is 4.49. The van der Waals surface area contributed by atoms with E-state index in [4.69, 9.17) is 10.2 Å². The molecule has 0 bridgehead atoms. The van der Waals surface area contributed by atoms with Gasteiger partial charge in [0.1, 0.15) is 25.2 Å². The molecule has 7 heteroatoms. The molecular weight excluding hydrogens is 262 g/mol. The van der Waals surface area contributed by atoms with E-state index in [0.717, 1.165) is 43.4 Å². The minimum Gasteiger partial charge on any atom is -0.480 e. The smallest absolute Gasteiger partial charge is 0.323 e. The zero-order valence-electron chi connectivity index (χ0n) is 11.1. The first kappa shape index (κ1) is 14.2. The van der Waals surface area contributed by atoms with Crippen LogP contribution in [0, 0.1) is 0 Å². The van der Waals surface area contributed by atoms with Crippen LogP contribution in [-0.2, 0) is 22.4 Å². The van der Waals surface area contributed by atoms with Gasteiger partial charge in [-0.25, -0.2) is 9.97 Å². The fraction of sp³-hybridized carbons (Fsp3) is 0.538. The number of aromatic nitrogens is 2. The fourth-order valence-electron chi connectivity index (χ4n) is 2.49. The summed E-state index contributed by atoms with van der Waals surface area (Å²) in [6.45, 7) is -0.758. The van der Waals surface area contributed by atoms with E-state index in [1.807, 2.05) is 0 Å². The van der Waals surface area contributed by atoms with Crippen molar-refractivity contribution in [2.45, 2.75) is 32.1 Å². The molecule has 1 aromatic rings. The zero-order chi connectivity index (χ0) is 14.5. The van der Waals surface area contributed by atoms with Crippen LogP contribution in [0.25, 0.3) is 0 Å². The van der Waals surface area contributed by atoms with Gasteiger partial charge in [0.25, 0.3) is 0 Å². The molecule has 0 atom stereocenters. The van der Waals surface area contributed by atoms with Crippen LogP contribution in [0.1, 0.15) is 30.5 Å². The predicted octanol–water partition coefficient (Wildman–Crippen LogP) is 0.721. The van der Waals surface area contributed by atoms with E-state index in [1.165, 1.54) is 11.2 Å². The van der Waals surface area contributed by atoms with Crippen molar-refractivity contribution in [3.05, 3.63) is 17.6 Å². The van der Waals surface area contributed by atoms with Crippen molar-refractivity contribution in [3.8, 4) is 0 Å². The average molecular weight is 279 g/mol. The maximum Gasteiger partial charge on any atom is 0.323 e. The van der Waals surface area contributed by atoms with Gasteiger partial charge in [0.05, 0.1) is 0 Å². The molecule has 0 unspecified atom stereocenters. The van der Waals surface area contributed by atoms with Gasteiger partial charge in [-0.15, -0.1) is 0 Å². The summed E-state index contributed by atoms with van der Waals surface area (Å²) in [5.41, 5.74) is 1.81. The highest BCUT2D eigenvalue weighted by Crippen LogP contribution is 2.26. The molecule has 0 saturated heterocycles. The first-order valence-corrected chi connectivity index (χ1v) is 6.59. The lowest BCUT2D eigenvalue weighted by Gasteiger charge is -2.22. The second-order valence-electron chi connectivity index (χ2n) is 4.83. The van der Waals surface area contributed by atoms with Gasteiger partial charge in [-0.05, 0) is 25.7 Å². The van der Waals surface area contributed by atoms with Gasteiger partial charge >= 0.3 is 11.9 Å². The maximum absolute atomic E-state index is 10.9. The third-order valence-corrected chi connectivity index (χ3v) is 3.30. The van der Waals surface area contributed by atoms with Crippen molar-refractivity contribution >= 4 is 17.8 Å². The molecule has 20 heavy (non-hydrogen) atoms. The summed E-state index contributed by atoms with van der Waals surface area (Å²) in [6, 6.07) is 0. The molecule has 0 aromatic carbocycles. The molecular formula is C13H17N3O4. The summed E-state index contributed by atoms with van der Waals surface area (Å²) in [4.78, 5) is 31.5. The number of nitrogens with zero attached hydrogens (tertiary/aromatic N) is 3. The highest BCUT2D eigenvalue weighted by atomic mass is 16.4. The molecule has 1 heterocycles. The molecule has 1 aromatic heterocycles. The lowest BCUT2D eigenvalue weighted by atomic mass is 10.1. The number of hydrogen-bond donors (Lipinski definition) is 2. The molecule has 1 aliphatic carbocycles. The summed E-state index contributed by atoms with van der Waals surface area (Å²) in [6.07, 6.45) is 6.10. The largest absolute Gasteiger partial charge is 0.480 e. The zero-order valence-corrected chi connectivity index (χ0v) is 11.1. The van der Waals surface area contributed by atoms with E-state index in [0.29, 0.717) is 5.82 Å². The van der Waals surface area contributed by atoms with Gasteiger partial charge in [-0.2, -0.15) is 0 Å². The number of carboxylic acid groups (broad SMARTS) is 2. The Bertz CT molecular complexity index is 502. The van der Waals surface area contributed by atoms with E-state index in [9.17, 15) is 9.59 Å². The standard InChI is InChI=1S/C13H17N3O4/c17-11(18)6-16(7-12(19)20)13-9-4-2-1-3-5-10(9)14-8-15-13/h8H,1-7H2,(H,17,18)(H,19,20). The van der Waals surface area contributed by atoms with Crippen LogP contribution in [0.3, 0.4) is 0 Å². The number of carboxylic acids is 2. The van der Waals surface area contributed by atoms with Crippen molar-refractivity contribution in [1.82, 2.24) is 9.97 Å². The highest BCUT2D eigenvalue weighted by Gasteiger charge is 2.22. The first-order chi connectivity index (χ1) is 9.58. The van der Waals surface area contributed by atoms with Crippen LogP contribution in [0.4, 0.5) is 5.82 Å². The summed E-state index contributed by atoms with van der Waals surface area (Å²) in [7, 11) is 0. The van der Waals surface area contributed by atoms with Gasteiger partial charge in [0, 0.05) is 11.3 Å². The van der Waals surface area contributed by atoms with Crippen molar-refractivity contribution in [2.75, 3.05) is 18.0 Å². The molecule has 0 amide bonds. The third-order valence-electron chi connectivity index (χ3n) is 3.30. The quantitative estimate of drug-likeness (QED) is 0.765. The van der Waals surface area contributed by atoms with Gasteiger partial charge in [0.15, 0.2) is 0 Å². The lowest BCUT2D eigenvalue weighted by molar-refractivity contribution is -0.136. The van der Waals surface area contributed by atoms with Crippen LogP contribution < -0.4 is 4.90 Å². The molecule has 0 fully saturated rings. The summed E-state index contributed by atoms with van der Waals surface area (Å²) < 4.78 is 0. The van der Waals surface area contributed by atoms with Gasteiger partial charge in [-0.1, -0.05) is 6.42 Å². The molecule has 7 nitrogen and oxygen atoms in total. The number of aliphatic carboxylic acids is 2. The van der Waals surface area contributed by atoms with E-state index >= 15 is 0 Å². The molecule has 2 N–H and O–H groups in total. The van der Waals surface area contributed by atoms with E-state index in [1.54, 1.807) is 0 Å². The molecule has 1 aliphatic rings. The molecule has 0 aliphatic heterocycles. The van der Waals surface area contributed by atoms with Crippen LogP contribution in [0.5, 0.6) is 0 Å². The van der Waals surface area contributed by atoms with Crippen molar-refractivity contribution < 1.29 is 19.8 Å². The van der Waals surface area contributed by atoms with Crippen molar-refractivity contribution in [1.29, 1.82) is 0 Å². The molecule has 2 rings (SSSR count). The number of anilines is 1.